The van der Waals surface area contributed by atoms with E-state index in [4.69, 9.17) is 32.9 Å². The van der Waals surface area contributed by atoms with Crippen molar-refractivity contribution in [1.29, 1.82) is 5.26 Å². The lowest BCUT2D eigenvalue weighted by molar-refractivity contribution is -0.134. The molecule has 276 valence electrons. The van der Waals surface area contributed by atoms with Crippen LogP contribution in [0, 0.1) is 35.9 Å². The number of nitrogens with one attached hydrogen (secondary N) is 1. The van der Waals surface area contributed by atoms with Crippen molar-refractivity contribution >= 4 is 56.9 Å². The summed E-state index contributed by atoms with van der Waals surface area (Å²) in [5, 5.41) is 24.9. The van der Waals surface area contributed by atoms with Gasteiger partial charge in [0.15, 0.2) is 5.82 Å². The first-order chi connectivity index (χ1) is 26.1. The van der Waals surface area contributed by atoms with Crippen molar-refractivity contribution in [3.05, 3.63) is 98.5 Å². The molecule has 3 saturated heterocycles. The Morgan fingerprint density at radius 1 is 1.11 bits per heavy atom. The van der Waals surface area contributed by atoms with Crippen LogP contribution in [0.1, 0.15) is 77.1 Å². The van der Waals surface area contributed by atoms with Gasteiger partial charge in [0.05, 0.1) is 52.0 Å². The minimum Gasteiger partial charge on any atom is -0.478 e. The Kier molecular flexibility index (Phi) is 8.89. The number of carbonyl (C=O) groups excluding carboxylic acids is 1. The number of benzene rings is 3. The van der Waals surface area contributed by atoms with Crippen LogP contribution in [0.25, 0.3) is 32.9 Å². The van der Waals surface area contributed by atoms with Crippen LogP contribution in [0.3, 0.4) is 0 Å². The molecule has 5 aromatic rings. The lowest BCUT2D eigenvalue weighted by Gasteiger charge is -2.39. The molecule has 2 bridgehead atoms. The number of nitrogens with zero attached hydrogens (tertiary/aromatic N) is 4. The van der Waals surface area contributed by atoms with Gasteiger partial charge >= 0.3 is 5.97 Å². The highest BCUT2D eigenvalue weighted by molar-refractivity contribution is 6.43. The second kappa shape index (κ2) is 13.6. The smallest absolute Gasteiger partial charge is 0.335 e. The number of fused-ring (bicyclic) bond motifs is 4. The highest BCUT2D eigenvalue weighted by Gasteiger charge is 2.51. The van der Waals surface area contributed by atoms with E-state index in [1.165, 1.54) is 0 Å². The fourth-order valence-electron chi connectivity index (χ4n) is 9.11. The fourth-order valence-corrected chi connectivity index (χ4v) is 9.51. The van der Waals surface area contributed by atoms with Crippen molar-refractivity contribution in [3.63, 3.8) is 0 Å². The number of carboxylic acid groups (broad SMARTS) is 1. The van der Waals surface area contributed by atoms with Gasteiger partial charge in [-0.05, 0) is 80.0 Å². The Labute approximate surface area is 321 Å². The third-order valence-electron chi connectivity index (χ3n) is 11.9. The molecule has 2 aromatic heterocycles. The molecule has 5 heterocycles. The maximum atomic E-state index is 17.2. The van der Waals surface area contributed by atoms with Gasteiger partial charge in [0.1, 0.15) is 5.52 Å². The lowest BCUT2D eigenvalue weighted by atomic mass is 9.79. The molecule has 3 aromatic carbocycles. The molecular formula is C42H38Cl2FN5O4. The Hall–Kier alpha value is -4.53. The minimum absolute atomic E-state index is 0.00404. The number of ether oxygens (including phenoxy) is 1. The van der Waals surface area contributed by atoms with Crippen molar-refractivity contribution < 1.29 is 23.8 Å². The van der Waals surface area contributed by atoms with Crippen molar-refractivity contribution in [1.82, 2.24) is 19.8 Å². The van der Waals surface area contributed by atoms with E-state index < -0.39 is 11.8 Å². The standard InChI is InChI=1S/C42H38Cl2FN5O4/c1-21-29-17-34(33-16-27(19-49(33)41(51)23-10-11-23)54-20-22-5-2-6-25(13-22)42(52)53)50(39-26-15-32(39)47-18-26)40(29)30-14-24(7-4-12-46)35(37(45)38(30)48-21)28-8-3-9-31(43)36(28)44/h2-3,5-6,8-9,13-14,17,23,26-27,32-33,39,47H,4,7,10-11,15-16,18-20H2,1H3,(H,52,53)/t26-,27+,32-,33-,39+/m1/s1. The number of hydrogen-bond donors (Lipinski definition) is 2. The molecule has 2 aliphatic carbocycles. The second-order valence-electron chi connectivity index (χ2n) is 15.2. The minimum atomic E-state index is -0.995. The Bertz CT molecular complexity index is 2410. The van der Waals surface area contributed by atoms with E-state index in [1.807, 2.05) is 24.0 Å². The zero-order valence-electron chi connectivity index (χ0n) is 29.6. The molecule has 0 spiro atoms. The van der Waals surface area contributed by atoms with Crippen molar-refractivity contribution in [3.8, 4) is 17.2 Å². The summed E-state index contributed by atoms with van der Waals surface area (Å²) in [6.07, 6.45) is 3.56. The van der Waals surface area contributed by atoms with Gasteiger partial charge in [0.25, 0.3) is 0 Å². The maximum absolute atomic E-state index is 17.2. The van der Waals surface area contributed by atoms with Crippen LogP contribution < -0.4 is 5.32 Å². The molecule has 5 fully saturated rings. The van der Waals surface area contributed by atoms with E-state index in [0.29, 0.717) is 58.1 Å². The van der Waals surface area contributed by atoms with Crippen molar-refractivity contribution in [2.75, 3.05) is 13.1 Å². The number of aromatic nitrogens is 2. The Morgan fingerprint density at radius 2 is 1.93 bits per heavy atom. The van der Waals surface area contributed by atoms with Crippen LogP contribution in [0.5, 0.6) is 0 Å². The van der Waals surface area contributed by atoms with Gasteiger partial charge < -0.3 is 24.6 Å². The number of carboxylic acids is 1. The molecule has 5 atom stereocenters. The molecular weight excluding hydrogens is 728 g/mol. The summed E-state index contributed by atoms with van der Waals surface area (Å²) in [6.45, 7) is 3.43. The zero-order valence-corrected chi connectivity index (χ0v) is 31.1. The topological polar surface area (TPSA) is 120 Å². The third-order valence-corrected chi connectivity index (χ3v) is 12.7. The molecule has 0 radical (unpaired) electrons. The number of carbonyl (C=O) groups is 2. The van der Waals surface area contributed by atoms with Crippen LogP contribution in [0.15, 0.2) is 54.6 Å². The van der Waals surface area contributed by atoms with Crippen LogP contribution in [0.2, 0.25) is 10.0 Å². The van der Waals surface area contributed by atoms with E-state index in [9.17, 15) is 20.0 Å². The van der Waals surface area contributed by atoms with Gasteiger partial charge in [-0.2, -0.15) is 5.26 Å². The maximum Gasteiger partial charge on any atom is 0.335 e. The summed E-state index contributed by atoms with van der Waals surface area (Å²) in [4.78, 5) is 32.5. The van der Waals surface area contributed by atoms with E-state index in [2.05, 4.69) is 22.0 Å². The molecule has 12 heteroatoms. The Morgan fingerprint density at radius 3 is 2.65 bits per heavy atom. The van der Waals surface area contributed by atoms with E-state index in [-0.39, 0.29) is 65.2 Å². The summed E-state index contributed by atoms with van der Waals surface area (Å²) < 4.78 is 26.0. The molecule has 5 aliphatic rings. The summed E-state index contributed by atoms with van der Waals surface area (Å²) >= 11 is 13.1. The number of likely N-dealkylation sites (tertiary alicyclic amines) is 1. The SMILES string of the molecule is Cc1nc2c(F)c(-c3cccc(Cl)c3Cl)c(CCC#N)cc2c2c1cc([C@H]1C[C@H](OCc3cccc(C(=O)O)c3)CN1C(=O)C1CC1)n2[C@H]1[C@H]2CN[C@@H]1C2. The van der Waals surface area contributed by atoms with Gasteiger partial charge in [-0.1, -0.05) is 47.5 Å². The number of pyridine rings is 1. The normalized spacial score (nSPS) is 23.2. The molecule has 1 amide bonds. The molecule has 0 unspecified atom stereocenters. The van der Waals surface area contributed by atoms with Gasteiger partial charge in [-0.25, -0.2) is 14.2 Å². The van der Waals surface area contributed by atoms with Gasteiger partial charge in [-0.15, -0.1) is 0 Å². The third kappa shape index (κ3) is 5.84. The van der Waals surface area contributed by atoms with E-state index in [0.717, 1.165) is 48.0 Å². The number of halogens is 3. The average Bonchev–Trinajstić information content (AvgIpc) is 3.45. The van der Waals surface area contributed by atoms with Gasteiger partial charge in [0.2, 0.25) is 5.91 Å². The molecule has 3 aliphatic heterocycles. The number of aryl methyl sites for hydroxylation is 2. The number of amides is 1. The van der Waals surface area contributed by atoms with Gasteiger partial charge in [0, 0.05) is 71.2 Å². The first kappa shape index (κ1) is 35.2. The summed E-state index contributed by atoms with van der Waals surface area (Å²) in [7, 11) is 0. The summed E-state index contributed by atoms with van der Waals surface area (Å²) in [6, 6.07) is 18.3. The fraction of sp³-hybridized carbons (Fsp3) is 0.381. The second-order valence-corrected chi connectivity index (χ2v) is 16.0. The number of rotatable bonds is 10. The van der Waals surface area contributed by atoms with Crippen molar-refractivity contribution in [2.24, 2.45) is 11.8 Å². The molecule has 2 N–H and O–H groups in total. The van der Waals surface area contributed by atoms with E-state index >= 15 is 4.39 Å². The first-order valence-electron chi connectivity index (χ1n) is 18.6. The number of nitriles is 1. The summed E-state index contributed by atoms with van der Waals surface area (Å²) in [5.74, 6) is -1.01. The van der Waals surface area contributed by atoms with Crippen molar-refractivity contribution in [2.45, 2.75) is 76.3 Å². The predicted octanol–water partition coefficient (Wildman–Crippen LogP) is 8.57. The van der Waals surface area contributed by atoms with Crippen LogP contribution >= 0.6 is 23.2 Å². The number of hydrogen-bond acceptors (Lipinski definition) is 6. The average molecular weight is 767 g/mol. The van der Waals surface area contributed by atoms with Crippen LogP contribution in [0.4, 0.5) is 4.39 Å². The van der Waals surface area contributed by atoms with Crippen LogP contribution in [-0.4, -0.2) is 56.7 Å². The van der Waals surface area contributed by atoms with Crippen LogP contribution in [-0.2, 0) is 22.6 Å². The highest BCUT2D eigenvalue weighted by Crippen LogP contribution is 2.51. The van der Waals surface area contributed by atoms with E-state index in [1.54, 1.807) is 36.4 Å². The lowest BCUT2D eigenvalue weighted by Crippen LogP contribution is -2.41. The van der Waals surface area contributed by atoms with Gasteiger partial charge in [-0.3, -0.25) is 4.79 Å². The monoisotopic (exact) mass is 765 g/mol. The molecule has 9 nitrogen and oxygen atoms in total. The quantitative estimate of drug-likeness (QED) is 0.146. The molecule has 10 rings (SSSR count). The Balaban J connectivity index is 1.20. The largest absolute Gasteiger partial charge is 0.478 e. The predicted molar refractivity (Wildman–Crippen MR) is 204 cm³/mol. The zero-order chi connectivity index (χ0) is 37.4. The highest BCUT2D eigenvalue weighted by atomic mass is 35.5. The first-order valence-corrected chi connectivity index (χ1v) is 19.3. The molecule has 2 saturated carbocycles. The molecule has 54 heavy (non-hydrogen) atoms. The number of aromatic carboxylic acids is 1. The summed E-state index contributed by atoms with van der Waals surface area (Å²) in [5.41, 5.74) is 5.11.